The van der Waals surface area contributed by atoms with E-state index < -0.39 is 54.5 Å². The quantitative estimate of drug-likeness (QED) is 0.0139. The van der Waals surface area contributed by atoms with Gasteiger partial charge in [-0.15, -0.1) is 0 Å². The fraction of sp³-hybridized carbons (Fsp3) is 0.374. The van der Waals surface area contributed by atoms with Crippen LogP contribution in [-0.4, -0.2) is 130 Å². The summed E-state index contributed by atoms with van der Waals surface area (Å²) in [6, 6.07) is 70.1. The normalized spacial score (nSPS) is 11.5. The van der Waals surface area contributed by atoms with E-state index in [1.165, 1.54) is 76.6 Å². The van der Waals surface area contributed by atoms with Crippen molar-refractivity contribution in [3.63, 3.8) is 0 Å². The molecule has 0 unspecified atom stereocenters. The monoisotopic (exact) mass is 1690 g/mol. The third-order valence-electron chi connectivity index (χ3n) is 21.0. The minimum Gasteiger partial charge on any atom is -0.481 e. The number of carboxylic acid groups (broad SMARTS) is 1. The number of hydrogen-bond donors (Lipinski definition) is 3. The summed E-state index contributed by atoms with van der Waals surface area (Å²) >= 11 is 5.53. The first-order valence-corrected chi connectivity index (χ1v) is 44.9. The first kappa shape index (κ1) is 96.8. The number of hydrogen-bond acceptors (Lipinski definition) is 13. The van der Waals surface area contributed by atoms with Crippen molar-refractivity contribution in [2.75, 3.05) is 37.7 Å². The molecule has 0 saturated heterocycles. The molecule has 2 amide bonds. The number of carbonyl (C=O) groups excluding carboxylic acids is 7. The summed E-state index contributed by atoms with van der Waals surface area (Å²) in [4.78, 5) is 105. The lowest BCUT2D eigenvalue weighted by Gasteiger charge is -2.24. The van der Waals surface area contributed by atoms with Crippen molar-refractivity contribution in [2.45, 2.75) is 183 Å². The van der Waals surface area contributed by atoms with Gasteiger partial charge in [-0.2, -0.15) is 16.8 Å². The molecule has 0 aliphatic heterocycles. The predicted molar refractivity (Wildman–Crippen MR) is 476 cm³/mol. The number of aliphatic carboxylic acids is 1. The maximum absolute atomic E-state index is 13.8. The molecule has 0 fully saturated rings. The van der Waals surface area contributed by atoms with Crippen molar-refractivity contribution in [1.29, 1.82) is 0 Å². The second-order valence-corrected chi connectivity index (χ2v) is 35.9. The summed E-state index contributed by atoms with van der Waals surface area (Å²) in [6.07, 6.45) is 9.76. The third-order valence-corrected chi connectivity index (χ3v) is 22.9. The van der Waals surface area contributed by atoms with E-state index >= 15 is 0 Å². The minimum absolute atomic E-state index is 0.0118. The maximum Gasteiger partial charge on any atom is 0.306 e. The van der Waals surface area contributed by atoms with Crippen LogP contribution in [0.4, 0.5) is 0 Å². The van der Waals surface area contributed by atoms with Gasteiger partial charge in [-0.25, -0.2) is 0 Å². The molecule has 120 heavy (non-hydrogen) atoms. The van der Waals surface area contributed by atoms with Gasteiger partial charge in [0.05, 0.1) is 11.5 Å². The molecule has 0 radical (unpaired) electrons. The molecule has 9 rings (SSSR count). The number of rotatable bonds is 43. The van der Waals surface area contributed by atoms with E-state index in [1.807, 2.05) is 13.8 Å². The van der Waals surface area contributed by atoms with Gasteiger partial charge in [0, 0.05) is 90.2 Å². The van der Waals surface area contributed by atoms with Crippen LogP contribution in [0, 0.1) is 59.3 Å². The summed E-state index contributed by atoms with van der Waals surface area (Å²) in [5.41, 5.74) is 16.6. The Morgan fingerprint density at radius 3 is 0.767 bits per heavy atom. The molecular formula is C99H117ClN2O16S2. The van der Waals surface area contributed by atoms with Gasteiger partial charge in [-0.3, -0.25) is 47.5 Å². The number of carboxylic acids is 1. The van der Waals surface area contributed by atoms with E-state index in [4.69, 9.17) is 26.0 Å². The molecular weight excluding hydrogens is 1570 g/mol. The van der Waals surface area contributed by atoms with Gasteiger partial charge in [-0.1, -0.05) is 215 Å². The summed E-state index contributed by atoms with van der Waals surface area (Å²) in [7, 11) is -8.37. The average molecular weight is 1690 g/mol. The lowest BCUT2D eigenvalue weighted by molar-refractivity contribution is -0.155. The molecule has 21 heteroatoms. The minimum atomic E-state index is -4.19. The Hall–Kier alpha value is -10.3. The summed E-state index contributed by atoms with van der Waals surface area (Å²) in [5.74, 6) is -3.42. The van der Waals surface area contributed by atoms with Crippen molar-refractivity contribution in [1.82, 2.24) is 9.80 Å². The topological polar surface area (TPSA) is 281 Å². The Balaban J connectivity index is 0.000000254. The SMILES string of the molecule is Cc1ccc(CCC(CCc2ccc(C)cc2)C(=O)c2ccc(C(=O)Cl)cc2)cc1.Cc1ccc(CCC(CCc2ccc(C)cc2)C(=O)c2ccc(C(=O)N(CCCC(=O)O)CCCS(=O)(=O)O)cc2)cc1.Cc1ccc(CCC(CCc2ccc(C)cc2)C(=O)c2ccc(C(=O)N(CCCC(=O)OC(C)(C)C)CCCS(=O)(=O)O)cc2)cc1. The number of ketones is 3. The highest BCUT2D eigenvalue weighted by Gasteiger charge is 2.27. The van der Waals surface area contributed by atoms with Gasteiger partial charge in [0.15, 0.2) is 17.3 Å². The smallest absolute Gasteiger partial charge is 0.306 e. The van der Waals surface area contributed by atoms with Crippen molar-refractivity contribution in [2.24, 2.45) is 17.8 Å². The molecule has 3 N–H and O–H groups in total. The van der Waals surface area contributed by atoms with Crippen molar-refractivity contribution < 1.29 is 74.1 Å². The van der Waals surface area contributed by atoms with E-state index in [0.717, 1.165) is 51.4 Å². The number of nitrogens with zero attached hydrogens (tertiary/aromatic N) is 2. The summed E-state index contributed by atoms with van der Waals surface area (Å²) in [6.45, 7) is 18.1. The second kappa shape index (κ2) is 48.2. The van der Waals surface area contributed by atoms with Crippen LogP contribution in [0.25, 0.3) is 0 Å². The number of aryl methyl sites for hydroxylation is 12. The molecule has 638 valence electrons. The number of Topliss-reactive ketones (excluding diaryl/α,β-unsaturated/α-hetero) is 3. The van der Waals surface area contributed by atoms with E-state index in [-0.39, 0.29) is 105 Å². The van der Waals surface area contributed by atoms with Crippen LogP contribution in [0.15, 0.2) is 218 Å². The lowest BCUT2D eigenvalue weighted by Crippen LogP contribution is -2.34. The zero-order valence-corrected chi connectivity index (χ0v) is 73.1. The fourth-order valence-electron chi connectivity index (χ4n) is 13.9. The van der Waals surface area contributed by atoms with Crippen LogP contribution in [0.3, 0.4) is 0 Å². The number of benzene rings is 9. The molecule has 0 aliphatic rings. The van der Waals surface area contributed by atoms with Gasteiger partial charge < -0.3 is 19.6 Å². The van der Waals surface area contributed by atoms with Crippen LogP contribution in [0.1, 0.15) is 227 Å². The first-order valence-electron chi connectivity index (χ1n) is 41.3. The molecule has 0 bridgehead atoms. The van der Waals surface area contributed by atoms with Crippen LogP contribution in [0.2, 0.25) is 0 Å². The molecule has 0 spiro atoms. The van der Waals surface area contributed by atoms with Gasteiger partial charge in [-0.05, 0) is 246 Å². The molecule has 0 aromatic heterocycles. The second-order valence-electron chi connectivity index (χ2n) is 32.4. The standard InChI is InChI=1S/C38H49NO7S.C34H41NO7S.C27H27ClO2/c1-28-9-13-30(14-10-28)17-19-32(20-18-31-15-11-29(2)12-16-31)36(41)33-21-23-34(24-22-33)37(42)39(26-7-27-47(43,44)45)25-6-8-35(40)46-38(3,4)5;1-25-6-10-27(11-7-25)14-16-29(17-15-28-12-8-26(2)9-13-28)33(38)30-18-20-31(21-19-30)34(39)35(22-3-5-32(36)37)23-4-24-43(40,41)42;1-19-3-7-21(8-4-19)11-13-23(14-12-22-9-5-20(2)6-10-22)26(29)24-15-17-25(18-16-24)27(28)30/h9-16,21-24,32H,6-8,17-20,25-27H2,1-5H3,(H,43,44,45);6-13,18-21,29H,3-5,14-17,22-24H2,1-2H3,(H,36,37)(H,40,41,42);3-10,15-18,23H,11-14H2,1-2H3. The Labute approximate surface area is 715 Å². The van der Waals surface area contributed by atoms with Crippen LogP contribution in [-0.2, 0) is 73.1 Å². The van der Waals surface area contributed by atoms with Gasteiger partial charge in [0.1, 0.15) is 5.60 Å². The fourth-order valence-corrected chi connectivity index (χ4v) is 15.0. The van der Waals surface area contributed by atoms with Crippen molar-refractivity contribution in [3.8, 4) is 0 Å². The summed E-state index contributed by atoms with van der Waals surface area (Å²) < 4.78 is 68.4. The molecule has 0 atom stereocenters. The van der Waals surface area contributed by atoms with Crippen LogP contribution < -0.4 is 0 Å². The summed E-state index contributed by atoms with van der Waals surface area (Å²) in [5, 5.41) is 8.46. The van der Waals surface area contributed by atoms with E-state index in [9.17, 15) is 59.7 Å². The molecule has 0 saturated carbocycles. The first-order chi connectivity index (χ1) is 56.9. The van der Waals surface area contributed by atoms with E-state index in [1.54, 1.807) is 93.6 Å². The number of amides is 2. The maximum atomic E-state index is 13.8. The number of esters is 1. The highest BCUT2D eigenvalue weighted by atomic mass is 35.5. The number of ether oxygens (including phenoxy) is 1. The highest BCUT2D eigenvalue weighted by molar-refractivity contribution is 7.86. The Morgan fingerprint density at radius 1 is 0.333 bits per heavy atom. The molecule has 18 nitrogen and oxygen atoms in total. The van der Waals surface area contributed by atoms with Gasteiger partial charge in [0.2, 0.25) is 0 Å². The van der Waals surface area contributed by atoms with Crippen molar-refractivity contribution in [3.05, 3.63) is 319 Å². The Kier molecular flexibility index (Phi) is 38.9. The van der Waals surface area contributed by atoms with Crippen LogP contribution >= 0.6 is 11.6 Å². The number of carbonyl (C=O) groups is 8. The zero-order valence-electron chi connectivity index (χ0n) is 70.7. The highest BCUT2D eigenvalue weighted by Crippen LogP contribution is 2.28. The molecule has 0 heterocycles. The average Bonchev–Trinajstić information content (AvgIpc) is 0.828. The Bertz CT molecular complexity index is 4880. The molecule has 0 aliphatic carbocycles. The van der Waals surface area contributed by atoms with Crippen LogP contribution in [0.5, 0.6) is 0 Å². The van der Waals surface area contributed by atoms with E-state index in [2.05, 4.69) is 173 Å². The molecule has 9 aromatic rings. The Morgan fingerprint density at radius 2 is 0.550 bits per heavy atom. The third kappa shape index (κ3) is 35.9. The predicted octanol–water partition coefficient (Wildman–Crippen LogP) is 19.9. The molecule has 9 aromatic carbocycles. The van der Waals surface area contributed by atoms with Gasteiger partial charge in [0.25, 0.3) is 37.3 Å². The number of halogens is 1. The van der Waals surface area contributed by atoms with E-state index in [0.29, 0.717) is 65.5 Å². The lowest BCUT2D eigenvalue weighted by atomic mass is 9.86. The van der Waals surface area contributed by atoms with Crippen molar-refractivity contribution >= 4 is 78.2 Å². The van der Waals surface area contributed by atoms with Gasteiger partial charge >= 0.3 is 11.9 Å². The largest absolute Gasteiger partial charge is 0.481 e. The zero-order chi connectivity index (χ0) is 87.5.